The van der Waals surface area contributed by atoms with Gasteiger partial charge in [-0.25, -0.2) is 4.90 Å². The first-order chi connectivity index (χ1) is 14.3. The molecule has 1 aliphatic heterocycles. The lowest BCUT2D eigenvalue weighted by Crippen LogP contribution is -2.37. The van der Waals surface area contributed by atoms with Crippen molar-refractivity contribution in [1.29, 1.82) is 0 Å². The molecule has 2 aromatic rings. The normalized spacial score (nSPS) is 29.6. The molecule has 3 aliphatic rings. The van der Waals surface area contributed by atoms with Gasteiger partial charge in [0.25, 0.3) is 0 Å². The molecule has 0 spiro atoms. The Labute approximate surface area is 178 Å². The van der Waals surface area contributed by atoms with Gasteiger partial charge in [-0.05, 0) is 75.8 Å². The van der Waals surface area contributed by atoms with Crippen molar-refractivity contribution < 1.29 is 9.59 Å². The predicted octanol–water partition coefficient (Wildman–Crippen LogP) is 5.04. The van der Waals surface area contributed by atoms with Crippen molar-refractivity contribution in [3.05, 3.63) is 65.7 Å². The number of carbonyl (C=O) groups excluding carboxylic acids is 2. The fourth-order valence-corrected chi connectivity index (χ4v) is 5.84. The van der Waals surface area contributed by atoms with E-state index in [0.29, 0.717) is 11.7 Å². The molecule has 2 aromatic carbocycles. The monoisotopic (exact) mass is 400 g/mol. The van der Waals surface area contributed by atoms with Crippen LogP contribution in [0.25, 0.3) is 5.57 Å². The van der Waals surface area contributed by atoms with E-state index in [0.717, 1.165) is 12.1 Å². The van der Waals surface area contributed by atoms with Crippen molar-refractivity contribution in [2.45, 2.75) is 40.2 Å². The van der Waals surface area contributed by atoms with Crippen LogP contribution in [0, 0.1) is 30.1 Å². The highest BCUT2D eigenvalue weighted by Gasteiger charge is 2.69. The Morgan fingerprint density at radius 2 is 1.83 bits per heavy atom. The lowest BCUT2D eigenvalue weighted by atomic mass is 9.68. The zero-order valence-electron chi connectivity index (χ0n) is 18.0. The minimum absolute atomic E-state index is 0.0437. The Morgan fingerprint density at radius 3 is 2.53 bits per heavy atom. The first-order valence-corrected chi connectivity index (χ1v) is 10.8. The maximum Gasteiger partial charge on any atom is 0.241 e. The van der Waals surface area contributed by atoms with Gasteiger partial charge in [0.05, 0.1) is 17.0 Å². The molecular weight excluding hydrogens is 372 g/mol. The number of fused-ring (bicyclic) bond motifs is 5. The number of hydrogen-bond donors (Lipinski definition) is 1. The van der Waals surface area contributed by atoms with Crippen molar-refractivity contribution >= 4 is 28.8 Å². The fourth-order valence-electron chi connectivity index (χ4n) is 5.84. The Morgan fingerprint density at radius 1 is 1.10 bits per heavy atom. The summed E-state index contributed by atoms with van der Waals surface area (Å²) in [6.07, 6.45) is 3.16. The number of carbonyl (C=O) groups is 2. The molecule has 2 fully saturated rings. The summed E-state index contributed by atoms with van der Waals surface area (Å²) in [5.41, 5.74) is 4.75. The number of para-hydroxylation sites is 1. The van der Waals surface area contributed by atoms with E-state index in [4.69, 9.17) is 0 Å². The van der Waals surface area contributed by atoms with Gasteiger partial charge in [-0.3, -0.25) is 9.59 Å². The standard InChI is InChI=1S/C26H28N2O2/c1-15(2)27-22-11-10-16(3)12-20(22)19-13-17-14-21(19)23-24(29)28(25(30)26(17,23)4)18-8-6-5-7-9-18/h5-13,15,17,21,23,27H,14H2,1-4H3/t17?,21?,23?,26-/m1/s1. The van der Waals surface area contributed by atoms with Crippen molar-refractivity contribution in [3.63, 3.8) is 0 Å². The quantitative estimate of drug-likeness (QED) is 0.731. The summed E-state index contributed by atoms with van der Waals surface area (Å²) < 4.78 is 0. The largest absolute Gasteiger partial charge is 0.382 e. The van der Waals surface area contributed by atoms with E-state index in [1.54, 1.807) is 0 Å². The summed E-state index contributed by atoms with van der Waals surface area (Å²) in [5, 5.41) is 3.56. The summed E-state index contributed by atoms with van der Waals surface area (Å²) in [6, 6.07) is 16.1. The van der Waals surface area contributed by atoms with Crippen LogP contribution in [-0.2, 0) is 9.59 Å². The van der Waals surface area contributed by atoms with Gasteiger partial charge in [0.2, 0.25) is 11.8 Å². The van der Waals surface area contributed by atoms with Gasteiger partial charge in [0.1, 0.15) is 0 Å². The molecular formula is C26H28N2O2. The molecule has 2 amide bonds. The molecule has 2 bridgehead atoms. The average molecular weight is 401 g/mol. The van der Waals surface area contributed by atoms with Crippen molar-refractivity contribution in [2.24, 2.45) is 23.2 Å². The number of amides is 2. The number of nitrogens with zero attached hydrogens (tertiary/aromatic N) is 1. The number of hydrogen-bond acceptors (Lipinski definition) is 3. The molecule has 4 nitrogen and oxygen atoms in total. The summed E-state index contributed by atoms with van der Waals surface area (Å²) in [7, 11) is 0. The van der Waals surface area contributed by atoms with Gasteiger partial charge >= 0.3 is 0 Å². The Kier molecular flexibility index (Phi) is 4.18. The van der Waals surface area contributed by atoms with Crippen LogP contribution >= 0.6 is 0 Å². The van der Waals surface area contributed by atoms with Gasteiger partial charge in [0, 0.05) is 17.3 Å². The molecule has 1 saturated carbocycles. The highest BCUT2D eigenvalue weighted by atomic mass is 16.2. The van der Waals surface area contributed by atoms with Crippen LogP contribution in [0.15, 0.2) is 54.6 Å². The third-order valence-electron chi connectivity index (χ3n) is 7.20. The summed E-state index contributed by atoms with van der Waals surface area (Å²) in [6.45, 7) is 8.36. The van der Waals surface area contributed by atoms with Gasteiger partial charge in [-0.2, -0.15) is 0 Å². The third-order valence-corrected chi connectivity index (χ3v) is 7.20. The molecule has 154 valence electrons. The number of allylic oxidation sites excluding steroid dienone is 2. The van der Waals surface area contributed by atoms with E-state index in [1.165, 1.54) is 21.6 Å². The Hall–Kier alpha value is -2.88. The number of rotatable bonds is 4. The molecule has 1 saturated heterocycles. The number of anilines is 2. The van der Waals surface area contributed by atoms with Crippen LogP contribution in [0.1, 0.15) is 38.3 Å². The zero-order chi connectivity index (χ0) is 21.2. The minimum atomic E-state index is -0.642. The fraction of sp³-hybridized carbons (Fsp3) is 0.385. The molecule has 3 unspecified atom stereocenters. The first-order valence-electron chi connectivity index (χ1n) is 10.8. The number of aryl methyl sites for hydroxylation is 1. The lowest BCUT2D eigenvalue weighted by Gasteiger charge is -2.31. The van der Waals surface area contributed by atoms with Crippen LogP contribution in [-0.4, -0.2) is 17.9 Å². The molecule has 1 heterocycles. The van der Waals surface area contributed by atoms with Crippen LogP contribution in [0.3, 0.4) is 0 Å². The van der Waals surface area contributed by atoms with Crippen molar-refractivity contribution in [3.8, 4) is 0 Å². The van der Waals surface area contributed by atoms with Crippen molar-refractivity contribution in [2.75, 3.05) is 10.2 Å². The molecule has 0 radical (unpaired) electrons. The Bertz CT molecular complexity index is 1070. The van der Waals surface area contributed by atoms with Gasteiger partial charge in [0.15, 0.2) is 0 Å². The zero-order valence-corrected chi connectivity index (χ0v) is 18.0. The predicted molar refractivity (Wildman–Crippen MR) is 120 cm³/mol. The summed E-state index contributed by atoms with van der Waals surface area (Å²) >= 11 is 0. The van der Waals surface area contributed by atoms with Crippen LogP contribution in [0.2, 0.25) is 0 Å². The van der Waals surface area contributed by atoms with Gasteiger partial charge in [-0.1, -0.05) is 35.9 Å². The molecule has 4 atom stereocenters. The molecule has 4 heteroatoms. The molecule has 1 N–H and O–H groups in total. The van der Waals surface area contributed by atoms with E-state index in [1.807, 2.05) is 37.3 Å². The first kappa shape index (κ1) is 19.1. The third kappa shape index (κ3) is 2.52. The molecule has 0 aromatic heterocycles. The smallest absolute Gasteiger partial charge is 0.241 e. The number of imide groups is 1. The maximum absolute atomic E-state index is 13.6. The van der Waals surface area contributed by atoms with E-state index in [2.05, 4.69) is 50.4 Å². The molecule has 2 aliphatic carbocycles. The SMILES string of the molecule is Cc1ccc(NC(C)C)c(C2=CC3CC2C2C(=O)N(c4ccccc4)C(=O)[C@]32C)c1. The van der Waals surface area contributed by atoms with E-state index in [9.17, 15) is 9.59 Å². The Balaban J connectivity index is 1.57. The highest BCUT2D eigenvalue weighted by molar-refractivity contribution is 6.25. The van der Waals surface area contributed by atoms with E-state index in [-0.39, 0.29) is 29.6 Å². The van der Waals surface area contributed by atoms with Gasteiger partial charge in [-0.15, -0.1) is 0 Å². The second-order valence-electron chi connectivity index (χ2n) is 9.49. The van der Waals surface area contributed by atoms with Crippen LogP contribution < -0.4 is 10.2 Å². The van der Waals surface area contributed by atoms with E-state index >= 15 is 0 Å². The summed E-state index contributed by atoms with van der Waals surface area (Å²) in [5.74, 6) is -0.198. The topological polar surface area (TPSA) is 49.4 Å². The molecule has 5 rings (SSSR count). The number of nitrogens with one attached hydrogen (secondary N) is 1. The van der Waals surface area contributed by atoms with Gasteiger partial charge < -0.3 is 5.32 Å². The second-order valence-corrected chi connectivity index (χ2v) is 9.49. The average Bonchev–Trinajstić information content (AvgIpc) is 3.32. The maximum atomic E-state index is 13.6. The number of benzene rings is 2. The van der Waals surface area contributed by atoms with E-state index < -0.39 is 5.41 Å². The minimum Gasteiger partial charge on any atom is -0.382 e. The molecule has 30 heavy (non-hydrogen) atoms. The highest BCUT2D eigenvalue weighted by Crippen LogP contribution is 2.65. The lowest BCUT2D eigenvalue weighted by molar-refractivity contribution is -0.127. The summed E-state index contributed by atoms with van der Waals surface area (Å²) in [4.78, 5) is 28.5. The second kappa shape index (κ2) is 6.56. The van der Waals surface area contributed by atoms with Crippen LogP contribution in [0.5, 0.6) is 0 Å². The van der Waals surface area contributed by atoms with Crippen molar-refractivity contribution in [1.82, 2.24) is 0 Å². The van der Waals surface area contributed by atoms with Crippen LogP contribution in [0.4, 0.5) is 11.4 Å².